The van der Waals surface area contributed by atoms with Crippen molar-refractivity contribution < 1.29 is 18.6 Å². The van der Waals surface area contributed by atoms with Crippen molar-refractivity contribution in [3.05, 3.63) is 12.2 Å². The van der Waals surface area contributed by atoms with Crippen molar-refractivity contribution in [1.82, 2.24) is 0 Å². The van der Waals surface area contributed by atoms with E-state index in [1.807, 2.05) is 6.08 Å². The lowest BCUT2D eigenvalue weighted by Crippen LogP contribution is -2.50. The fraction of sp³-hybridized carbons (Fsp3) is 0.760. The van der Waals surface area contributed by atoms with Gasteiger partial charge in [-0.15, -0.1) is 6.42 Å². The van der Waals surface area contributed by atoms with Crippen molar-refractivity contribution in [3.63, 3.8) is 0 Å². The summed E-state index contributed by atoms with van der Waals surface area (Å²) in [6.45, 7) is 19.9. The average molecular weight is 471 g/mol. The molecule has 0 radical (unpaired) electrons. The number of rotatable bonds is 18. The van der Waals surface area contributed by atoms with Crippen LogP contribution in [0.2, 0.25) is 0 Å². The van der Waals surface area contributed by atoms with Gasteiger partial charge in [-0.1, -0.05) is 43.4 Å². The molecule has 0 spiro atoms. The highest BCUT2D eigenvalue weighted by atomic mass is 32.2. The molecule has 0 atom stereocenters. The molecule has 178 valence electrons. The molecule has 0 aromatic carbocycles. The molecule has 0 bridgehead atoms. The summed E-state index contributed by atoms with van der Waals surface area (Å²) in [6, 6.07) is 0. The summed E-state index contributed by atoms with van der Waals surface area (Å²) >= 11 is 2.71. The van der Waals surface area contributed by atoms with Crippen LogP contribution in [0.3, 0.4) is 0 Å². The monoisotopic (exact) mass is 470 g/mol. The lowest BCUT2D eigenvalue weighted by Gasteiger charge is -2.37. The fourth-order valence-corrected chi connectivity index (χ4v) is 5.83. The smallest absolute Gasteiger partial charge is 0.262 e. The lowest BCUT2D eigenvalue weighted by atomic mass is 10.2. The number of allylic oxidation sites excluding steroid dienone is 1. The fourth-order valence-electron chi connectivity index (χ4n) is 4.21. The molecule has 0 heterocycles. The number of hydrogen-bond acceptors (Lipinski definition) is 4. The second-order valence-corrected chi connectivity index (χ2v) is 10.4. The van der Waals surface area contributed by atoms with E-state index < -0.39 is 0 Å². The first-order valence-electron chi connectivity index (χ1n) is 12.0. The van der Waals surface area contributed by atoms with Gasteiger partial charge in [0.05, 0.1) is 63.9 Å². The van der Waals surface area contributed by atoms with Crippen LogP contribution in [0.1, 0.15) is 60.3 Å². The Morgan fingerprint density at radius 2 is 1.35 bits per heavy atom. The highest BCUT2D eigenvalue weighted by Gasteiger charge is 2.24. The Morgan fingerprint density at radius 1 is 0.806 bits per heavy atom. The number of carbonyl (C=O) groups excluding carboxylic acids is 2. The van der Waals surface area contributed by atoms with Crippen LogP contribution in [0.4, 0.5) is 0 Å². The Kier molecular flexibility index (Phi) is 17.3. The number of unbranched alkanes of at least 4 members (excludes halogenated alkanes) is 1. The maximum atomic E-state index is 12.3. The van der Waals surface area contributed by atoms with Gasteiger partial charge in [-0.05, 0) is 52.0 Å². The maximum Gasteiger partial charge on any atom is 0.262 e. The third-order valence-corrected chi connectivity index (χ3v) is 7.97. The first-order chi connectivity index (χ1) is 14.9. The maximum absolute atomic E-state index is 12.3. The summed E-state index contributed by atoms with van der Waals surface area (Å²) < 4.78 is 2.13. The molecule has 0 aliphatic rings. The number of terminal acetylenes is 1. The van der Waals surface area contributed by atoms with Gasteiger partial charge in [0.25, 0.3) is 5.12 Å². The molecule has 0 rings (SSSR count). The van der Waals surface area contributed by atoms with Crippen molar-refractivity contribution in [3.8, 4) is 12.3 Å². The third kappa shape index (κ3) is 12.8. The molecular formula is C25H46N2O2S2+2. The highest BCUT2D eigenvalue weighted by Crippen LogP contribution is 2.15. The van der Waals surface area contributed by atoms with Gasteiger partial charge in [0.2, 0.25) is 5.12 Å². The molecule has 0 unspecified atom stereocenters. The zero-order chi connectivity index (χ0) is 23.6. The Hall–Kier alpha value is -0.740. The van der Waals surface area contributed by atoms with Gasteiger partial charge in [-0.2, -0.15) is 0 Å². The van der Waals surface area contributed by atoms with Gasteiger partial charge in [-0.25, -0.2) is 0 Å². The summed E-state index contributed by atoms with van der Waals surface area (Å²) in [5.74, 6) is 3.84. The normalized spacial score (nSPS) is 12.3. The van der Waals surface area contributed by atoms with Crippen LogP contribution in [-0.2, 0) is 9.59 Å². The molecule has 4 nitrogen and oxygen atoms in total. The van der Waals surface area contributed by atoms with E-state index in [2.05, 4.69) is 40.5 Å². The zero-order valence-electron chi connectivity index (χ0n) is 20.7. The van der Waals surface area contributed by atoms with Crippen LogP contribution in [0.25, 0.3) is 0 Å². The number of quaternary nitrogens is 2. The SMILES string of the molecule is C#CC(=O)SCC[N+](CC)(CC)CCC/C=C/C(=O)SCC[N+](CC)(CCC)CCC. The van der Waals surface area contributed by atoms with Crippen molar-refractivity contribution in [2.24, 2.45) is 0 Å². The molecule has 0 amide bonds. The molecule has 0 aliphatic carbocycles. The van der Waals surface area contributed by atoms with E-state index in [1.165, 1.54) is 49.5 Å². The summed E-state index contributed by atoms with van der Waals surface area (Å²) in [5, 5.41) is 0.00162. The zero-order valence-corrected chi connectivity index (χ0v) is 22.3. The number of thioether (sulfide) groups is 2. The molecule has 0 N–H and O–H groups in total. The molecule has 0 fully saturated rings. The van der Waals surface area contributed by atoms with Crippen molar-refractivity contribution >= 4 is 33.8 Å². The molecule has 6 heteroatoms. The largest absolute Gasteiger partial charge is 0.323 e. The van der Waals surface area contributed by atoms with Gasteiger partial charge < -0.3 is 8.97 Å². The van der Waals surface area contributed by atoms with Crippen molar-refractivity contribution in [1.29, 1.82) is 0 Å². The summed E-state index contributed by atoms with van der Waals surface area (Å²) in [7, 11) is 0. The minimum Gasteiger partial charge on any atom is -0.323 e. The van der Waals surface area contributed by atoms with Crippen LogP contribution in [-0.4, -0.2) is 83.1 Å². The van der Waals surface area contributed by atoms with E-state index in [4.69, 9.17) is 6.42 Å². The topological polar surface area (TPSA) is 34.1 Å². The molecule has 0 saturated carbocycles. The van der Waals surface area contributed by atoms with Crippen LogP contribution in [0.5, 0.6) is 0 Å². The van der Waals surface area contributed by atoms with Crippen LogP contribution >= 0.6 is 23.5 Å². The standard InChI is InChI=1S/C25H46N2O2S2/c1-7-17-27(12-6,18-8-2)21-23-31-25(29)16-14-13-15-19-26(10-4,11-5)20-22-30-24(28)9-3/h3,14,16H,7-8,10-13,15,17-23H2,1-2,4-6H3/q+2/b16-14+. The second kappa shape index (κ2) is 17.8. The van der Waals surface area contributed by atoms with Gasteiger partial charge in [0.1, 0.15) is 0 Å². The van der Waals surface area contributed by atoms with Gasteiger partial charge in [-0.3, -0.25) is 9.59 Å². The van der Waals surface area contributed by atoms with E-state index in [0.29, 0.717) is 0 Å². The average Bonchev–Trinajstić information content (AvgIpc) is 2.77. The first kappa shape index (κ1) is 30.3. The van der Waals surface area contributed by atoms with Gasteiger partial charge in [0.15, 0.2) is 0 Å². The Balaban J connectivity index is 4.36. The molecule has 0 aromatic rings. The van der Waals surface area contributed by atoms with Crippen molar-refractivity contribution in [2.45, 2.75) is 60.3 Å². The van der Waals surface area contributed by atoms with Gasteiger partial charge >= 0.3 is 0 Å². The molecule has 0 aromatic heterocycles. The Bertz CT molecular complexity index is 575. The molecular weight excluding hydrogens is 424 g/mol. The quantitative estimate of drug-likeness (QED) is 0.122. The highest BCUT2D eigenvalue weighted by molar-refractivity contribution is 8.14. The third-order valence-electron chi connectivity index (χ3n) is 6.39. The second-order valence-electron chi connectivity index (χ2n) is 8.24. The van der Waals surface area contributed by atoms with Crippen LogP contribution < -0.4 is 0 Å². The number of hydrogen-bond donors (Lipinski definition) is 0. The predicted molar refractivity (Wildman–Crippen MR) is 139 cm³/mol. The summed E-state index contributed by atoms with van der Waals surface area (Å²) in [5.41, 5.74) is 0. The Morgan fingerprint density at radius 3 is 1.87 bits per heavy atom. The lowest BCUT2D eigenvalue weighted by molar-refractivity contribution is -0.924. The van der Waals surface area contributed by atoms with Crippen LogP contribution in [0, 0.1) is 12.3 Å². The molecule has 31 heavy (non-hydrogen) atoms. The molecule has 0 aliphatic heterocycles. The summed E-state index contributed by atoms with van der Waals surface area (Å²) in [4.78, 5) is 23.6. The van der Waals surface area contributed by atoms with Crippen molar-refractivity contribution in [2.75, 3.05) is 63.9 Å². The van der Waals surface area contributed by atoms with Gasteiger partial charge in [0, 0.05) is 6.42 Å². The first-order valence-corrected chi connectivity index (χ1v) is 14.0. The van der Waals surface area contributed by atoms with E-state index in [1.54, 1.807) is 6.08 Å². The van der Waals surface area contributed by atoms with E-state index in [9.17, 15) is 9.59 Å². The predicted octanol–water partition coefficient (Wildman–Crippen LogP) is 4.99. The van der Waals surface area contributed by atoms with E-state index in [-0.39, 0.29) is 10.2 Å². The molecule has 0 saturated heterocycles. The Labute approximate surface area is 200 Å². The van der Waals surface area contributed by atoms with E-state index >= 15 is 0 Å². The van der Waals surface area contributed by atoms with Crippen LogP contribution in [0.15, 0.2) is 12.2 Å². The number of nitrogens with zero attached hydrogens (tertiary/aromatic N) is 2. The summed E-state index contributed by atoms with van der Waals surface area (Å²) in [6.07, 6.45) is 13.3. The van der Waals surface area contributed by atoms with E-state index in [0.717, 1.165) is 72.6 Å². The minimum atomic E-state index is -0.177. The number of carbonyl (C=O) groups is 2. The minimum absolute atomic E-state index is 0.177.